The van der Waals surface area contributed by atoms with Gasteiger partial charge in [-0.2, -0.15) is 0 Å². The highest BCUT2D eigenvalue weighted by molar-refractivity contribution is 7.20. The van der Waals surface area contributed by atoms with Crippen LogP contribution in [-0.4, -0.2) is 21.1 Å². The summed E-state index contributed by atoms with van der Waals surface area (Å²) in [6.45, 7) is 5.58. The summed E-state index contributed by atoms with van der Waals surface area (Å²) in [5.41, 5.74) is 12.2. The van der Waals surface area contributed by atoms with Gasteiger partial charge in [0.05, 0.1) is 26.9 Å². The molecule has 10 rings (SSSR count). The molecule has 1 N–H and O–H groups in total. The molecule has 1 aliphatic heterocycles. The molecule has 3 aliphatic rings. The molecule has 7 aromatic rings. The number of benzene rings is 4. The fourth-order valence-electron chi connectivity index (χ4n) is 8.06. The zero-order valence-corrected chi connectivity index (χ0v) is 26.0. The van der Waals surface area contributed by atoms with E-state index in [0.29, 0.717) is 0 Å². The molecule has 0 spiro atoms. The molecule has 0 saturated heterocycles. The lowest BCUT2D eigenvalue weighted by molar-refractivity contribution is 0.659. The first-order valence-electron chi connectivity index (χ1n) is 15.8. The van der Waals surface area contributed by atoms with Crippen molar-refractivity contribution < 1.29 is 0 Å². The van der Waals surface area contributed by atoms with Crippen LogP contribution in [-0.2, 0) is 11.8 Å². The van der Waals surface area contributed by atoms with E-state index in [1.807, 2.05) is 11.3 Å². The second-order valence-electron chi connectivity index (χ2n) is 12.9. The molecule has 5 heteroatoms. The highest BCUT2D eigenvalue weighted by Crippen LogP contribution is 2.44. The van der Waals surface area contributed by atoms with Crippen LogP contribution in [0.4, 0.5) is 0 Å². The van der Waals surface area contributed by atoms with Gasteiger partial charge in [-0.1, -0.05) is 92.7 Å². The van der Waals surface area contributed by atoms with E-state index in [4.69, 9.17) is 9.97 Å². The van der Waals surface area contributed by atoms with E-state index in [-0.39, 0.29) is 5.41 Å². The molecule has 2 aliphatic carbocycles. The molecule has 0 amide bonds. The van der Waals surface area contributed by atoms with Crippen LogP contribution in [0.2, 0.25) is 0 Å². The summed E-state index contributed by atoms with van der Waals surface area (Å²) < 4.78 is 3.51. The van der Waals surface area contributed by atoms with Crippen molar-refractivity contribution in [3.63, 3.8) is 0 Å². The van der Waals surface area contributed by atoms with Crippen LogP contribution in [0.3, 0.4) is 0 Å². The number of rotatable bonds is 2. The van der Waals surface area contributed by atoms with Gasteiger partial charge < -0.3 is 5.32 Å². The maximum absolute atomic E-state index is 5.45. The Balaban J connectivity index is 1.39. The summed E-state index contributed by atoms with van der Waals surface area (Å²) in [7, 11) is 0. The molecular formula is C40H30N4S. The van der Waals surface area contributed by atoms with Crippen molar-refractivity contribution >= 4 is 61.2 Å². The number of hydrogen-bond acceptors (Lipinski definition) is 4. The first kappa shape index (κ1) is 25.3. The van der Waals surface area contributed by atoms with Gasteiger partial charge in [0.25, 0.3) is 0 Å². The summed E-state index contributed by atoms with van der Waals surface area (Å²) in [5.74, 6) is 0.731. The van der Waals surface area contributed by atoms with E-state index in [1.54, 1.807) is 0 Å². The molecule has 0 atom stereocenters. The predicted octanol–water partition coefficient (Wildman–Crippen LogP) is 7.86. The smallest absolute Gasteiger partial charge is 0.235 e. The van der Waals surface area contributed by atoms with Crippen LogP contribution < -0.4 is 15.8 Å². The van der Waals surface area contributed by atoms with Crippen LogP contribution in [0.15, 0.2) is 91.0 Å². The lowest BCUT2D eigenvalue weighted by Gasteiger charge is -2.37. The topological polar surface area (TPSA) is 42.7 Å². The predicted molar refractivity (Wildman–Crippen MR) is 188 cm³/mol. The Morgan fingerprint density at radius 1 is 0.867 bits per heavy atom. The van der Waals surface area contributed by atoms with E-state index < -0.39 is 0 Å². The average Bonchev–Trinajstić information content (AvgIpc) is 3.63. The quantitative estimate of drug-likeness (QED) is 0.220. The number of nitrogens with zero attached hydrogens (tertiary/aromatic N) is 3. The molecule has 0 radical (unpaired) electrons. The monoisotopic (exact) mass is 598 g/mol. The number of allylic oxidation sites excluding steroid dienone is 1. The Morgan fingerprint density at radius 2 is 1.69 bits per heavy atom. The summed E-state index contributed by atoms with van der Waals surface area (Å²) in [4.78, 5) is 12.2. The first-order valence-corrected chi connectivity index (χ1v) is 16.6. The standard InChI is InChI=1S/C40H30N4S/c1-40(2)30-17-9-6-14-24(30)27-20-28-25-15-7-10-18-32(25)44(37(28)29-21-41-22-31(40)34(27)29)39-42-35(23-12-4-3-5-13-23)38-36(43-39)26-16-8-11-19-33(26)45-38/h3-7,9-15,17-21,41H,8,16,22H2,1-2H3. The van der Waals surface area contributed by atoms with Crippen molar-refractivity contribution in [3.8, 4) is 28.3 Å². The van der Waals surface area contributed by atoms with Gasteiger partial charge in [-0.25, -0.2) is 9.97 Å². The Labute approximate surface area is 264 Å². The van der Waals surface area contributed by atoms with E-state index in [0.717, 1.165) is 53.1 Å². The Morgan fingerprint density at radius 3 is 2.60 bits per heavy atom. The normalized spacial score (nSPS) is 15.9. The second-order valence-corrected chi connectivity index (χ2v) is 14.0. The summed E-state index contributed by atoms with van der Waals surface area (Å²) >= 11 is 1.82. The molecule has 0 saturated carbocycles. The van der Waals surface area contributed by atoms with Crippen LogP contribution in [0.5, 0.6) is 0 Å². The molecule has 3 aromatic heterocycles. The number of nitrogens with one attached hydrogen (secondary N) is 1. The van der Waals surface area contributed by atoms with E-state index >= 15 is 0 Å². The van der Waals surface area contributed by atoms with E-state index in [2.05, 4.69) is 127 Å². The van der Waals surface area contributed by atoms with Crippen molar-refractivity contribution in [3.05, 3.63) is 117 Å². The maximum Gasteiger partial charge on any atom is 0.235 e. The van der Waals surface area contributed by atoms with Crippen molar-refractivity contribution in [1.29, 1.82) is 0 Å². The van der Waals surface area contributed by atoms with Gasteiger partial charge in [-0.05, 0) is 64.1 Å². The summed E-state index contributed by atoms with van der Waals surface area (Å²) in [6, 6.07) is 30.8. The lowest BCUT2D eigenvalue weighted by atomic mass is 9.68. The first-order chi connectivity index (χ1) is 22.1. The van der Waals surface area contributed by atoms with Gasteiger partial charge in [-0.3, -0.25) is 4.57 Å². The van der Waals surface area contributed by atoms with Gasteiger partial charge in [-0.15, -0.1) is 11.3 Å². The van der Waals surface area contributed by atoms with E-state index in [9.17, 15) is 0 Å². The average molecular weight is 599 g/mol. The maximum atomic E-state index is 5.45. The summed E-state index contributed by atoms with van der Waals surface area (Å²) in [6.07, 6.45) is 8.84. The Kier molecular flexibility index (Phi) is 5.08. The minimum absolute atomic E-state index is 0.0940. The minimum Gasteiger partial charge on any atom is -0.387 e. The van der Waals surface area contributed by atoms with Gasteiger partial charge in [0.2, 0.25) is 5.95 Å². The fraction of sp³-hybridized carbons (Fsp3) is 0.150. The van der Waals surface area contributed by atoms with Crippen molar-refractivity contribution in [2.75, 3.05) is 6.54 Å². The summed E-state index contributed by atoms with van der Waals surface area (Å²) in [5, 5.41) is 8.72. The van der Waals surface area contributed by atoms with Crippen LogP contribution in [0.25, 0.3) is 78.2 Å². The molecule has 4 heterocycles. The highest BCUT2D eigenvalue weighted by Gasteiger charge is 2.35. The molecule has 0 fully saturated rings. The van der Waals surface area contributed by atoms with Gasteiger partial charge >= 0.3 is 0 Å². The highest BCUT2D eigenvalue weighted by atomic mass is 32.1. The van der Waals surface area contributed by atoms with Crippen LogP contribution in [0.1, 0.15) is 36.3 Å². The van der Waals surface area contributed by atoms with Gasteiger partial charge in [0.15, 0.2) is 0 Å². The molecule has 0 unspecified atom stereocenters. The number of thiophene rings is 1. The van der Waals surface area contributed by atoms with Crippen LogP contribution in [0, 0.1) is 0 Å². The SMILES string of the molecule is CC1(C)C2=c3c(cc4c5ccccc5n(-c5nc(-c6ccccc6)c6sc7c(c6n5)CCC=C7)c4c3=CNC2)-c2ccccc21. The molecule has 45 heavy (non-hydrogen) atoms. The van der Waals surface area contributed by atoms with Crippen LogP contribution >= 0.6 is 11.3 Å². The lowest BCUT2D eigenvalue weighted by Crippen LogP contribution is -2.46. The van der Waals surface area contributed by atoms with Crippen molar-refractivity contribution in [2.24, 2.45) is 0 Å². The third-order valence-electron chi connectivity index (χ3n) is 10.2. The third kappa shape index (κ3) is 3.36. The molecular weight excluding hydrogens is 569 g/mol. The molecule has 4 nitrogen and oxygen atoms in total. The number of fused-ring (bicyclic) bond motifs is 9. The molecule has 216 valence electrons. The number of hydrogen-bond donors (Lipinski definition) is 1. The van der Waals surface area contributed by atoms with Crippen molar-refractivity contribution in [1.82, 2.24) is 19.9 Å². The minimum atomic E-state index is -0.0940. The molecule has 4 aromatic carbocycles. The third-order valence-corrected chi connectivity index (χ3v) is 11.4. The Bertz CT molecular complexity index is 2570. The number of aromatic nitrogens is 3. The van der Waals surface area contributed by atoms with E-state index in [1.165, 1.54) is 58.6 Å². The number of aryl methyl sites for hydroxylation is 1. The second kappa shape index (κ2) is 9.02. The zero-order valence-electron chi connectivity index (χ0n) is 25.2. The van der Waals surface area contributed by atoms with Gasteiger partial charge in [0, 0.05) is 44.6 Å². The number of para-hydroxylation sites is 1. The Hall–Kier alpha value is -5.00. The zero-order chi connectivity index (χ0) is 29.9. The fourth-order valence-corrected chi connectivity index (χ4v) is 9.29. The largest absolute Gasteiger partial charge is 0.387 e. The van der Waals surface area contributed by atoms with Gasteiger partial charge in [0.1, 0.15) is 0 Å². The molecule has 0 bridgehead atoms. The van der Waals surface area contributed by atoms with Crippen molar-refractivity contribution in [2.45, 2.75) is 32.1 Å².